The van der Waals surface area contributed by atoms with E-state index in [1.807, 2.05) is 19.1 Å². The molecule has 0 aliphatic rings. The van der Waals surface area contributed by atoms with Crippen LogP contribution in [0.15, 0.2) is 53.4 Å². The van der Waals surface area contributed by atoms with Crippen LogP contribution in [0.5, 0.6) is 0 Å². The predicted octanol–water partition coefficient (Wildman–Crippen LogP) is 3.56. The topological polar surface area (TPSA) is 72.2 Å². The van der Waals surface area contributed by atoms with Gasteiger partial charge in [0.2, 0.25) is 11.8 Å². The summed E-state index contributed by atoms with van der Waals surface area (Å²) < 4.78 is 0. The Morgan fingerprint density at radius 3 is 2.50 bits per heavy atom. The molecule has 0 saturated carbocycles. The van der Waals surface area contributed by atoms with E-state index in [9.17, 15) is 9.59 Å². The molecule has 0 aliphatic heterocycles. The molecular formula is C16H15ClN2O2S. The molecule has 3 N–H and O–H groups in total. The lowest BCUT2D eigenvalue weighted by Crippen LogP contribution is -2.22. The number of hydrogen-bond acceptors (Lipinski definition) is 3. The Balaban J connectivity index is 2.00. The Labute approximate surface area is 138 Å². The van der Waals surface area contributed by atoms with Crippen LogP contribution in [0.4, 0.5) is 5.69 Å². The SMILES string of the molecule is C[C@@H](Sc1ccc(Cl)cc1)C(=O)Nc1cccc(C(N)=O)c1. The van der Waals surface area contributed by atoms with Crippen LogP contribution >= 0.6 is 23.4 Å². The highest BCUT2D eigenvalue weighted by molar-refractivity contribution is 8.00. The van der Waals surface area contributed by atoms with Gasteiger partial charge in [0.15, 0.2) is 0 Å². The third-order valence-electron chi connectivity index (χ3n) is 2.91. The number of rotatable bonds is 5. The Morgan fingerprint density at radius 2 is 1.86 bits per heavy atom. The lowest BCUT2D eigenvalue weighted by Gasteiger charge is -2.12. The first-order valence-electron chi connectivity index (χ1n) is 6.58. The van der Waals surface area contributed by atoms with E-state index in [4.69, 9.17) is 17.3 Å². The molecule has 0 aliphatic carbocycles. The van der Waals surface area contributed by atoms with Crippen LogP contribution in [0.25, 0.3) is 0 Å². The van der Waals surface area contributed by atoms with Crippen molar-refractivity contribution in [2.75, 3.05) is 5.32 Å². The molecule has 0 saturated heterocycles. The molecule has 0 unspecified atom stereocenters. The zero-order valence-corrected chi connectivity index (χ0v) is 13.4. The fraction of sp³-hybridized carbons (Fsp3) is 0.125. The molecule has 0 aromatic heterocycles. The average Bonchev–Trinajstić information content (AvgIpc) is 2.49. The van der Waals surface area contributed by atoms with E-state index in [2.05, 4.69) is 5.32 Å². The molecule has 0 radical (unpaired) electrons. The van der Waals surface area contributed by atoms with Crippen molar-refractivity contribution in [1.29, 1.82) is 0 Å². The lowest BCUT2D eigenvalue weighted by molar-refractivity contribution is -0.115. The van der Waals surface area contributed by atoms with E-state index in [0.29, 0.717) is 16.3 Å². The van der Waals surface area contributed by atoms with Crippen LogP contribution in [0, 0.1) is 0 Å². The fourth-order valence-electron chi connectivity index (χ4n) is 1.76. The second kappa shape index (κ2) is 7.33. The molecule has 2 aromatic carbocycles. The second-order valence-corrected chi connectivity index (χ2v) is 6.50. The van der Waals surface area contributed by atoms with Crippen molar-refractivity contribution in [3.05, 3.63) is 59.1 Å². The zero-order valence-electron chi connectivity index (χ0n) is 11.9. The highest BCUT2D eigenvalue weighted by Crippen LogP contribution is 2.25. The van der Waals surface area contributed by atoms with Crippen molar-refractivity contribution in [2.45, 2.75) is 17.1 Å². The van der Waals surface area contributed by atoms with Gasteiger partial charge in [-0.3, -0.25) is 9.59 Å². The maximum atomic E-state index is 12.2. The summed E-state index contributed by atoms with van der Waals surface area (Å²) in [5.74, 6) is -0.679. The minimum atomic E-state index is -0.528. The first kappa shape index (κ1) is 16.4. The Bertz CT molecular complexity index is 689. The number of benzene rings is 2. The van der Waals surface area contributed by atoms with Crippen LogP contribution in [0.2, 0.25) is 5.02 Å². The quantitative estimate of drug-likeness (QED) is 0.821. The van der Waals surface area contributed by atoms with Gasteiger partial charge >= 0.3 is 0 Å². The molecule has 2 rings (SSSR count). The maximum absolute atomic E-state index is 12.2. The number of halogens is 1. The minimum Gasteiger partial charge on any atom is -0.366 e. The molecule has 0 spiro atoms. The van der Waals surface area contributed by atoms with E-state index in [1.165, 1.54) is 11.8 Å². The summed E-state index contributed by atoms with van der Waals surface area (Å²) in [5, 5.41) is 3.14. The molecule has 114 valence electrons. The molecule has 6 heteroatoms. The van der Waals surface area contributed by atoms with Gasteiger partial charge in [0.25, 0.3) is 0 Å². The highest BCUT2D eigenvalue weighted by atomic mass is 35.5. The first-order valence-corrected chi connectivity index (χ1v) is 7.84. The van der Waals surface area contributed by atoms with Gasteiger partial charge in [0.1, 0.15) is 0 Å². The number of hydrogen-bond donors (Lipinski definition) is 2. The van der Waals surface area contributed by atoms with Crippen molar-refractivity contribution in [1.82, 2.24) is 0 Å². The van der Waals surface area contributed by atoms with Gasteiger partial charge in [-0.1, -0.05) is 17.7 Å². The summed E-state index contributed by atoms with van der Waals surface area (Å²) >= 11 is 7.26. The predicted molar refractivity (Wildman–Crippen MR) is 90.4 cm³/mol. The van der Waals surface area contributed by atoms with Gasteiger partial charge in [-0.05, 0) is 49.4 Å². The minimum absolute atomic E-state index is 0.151. The number of anilines is 1. The average molecular weight is 335 g/mol. The lowest BCUT2D eigenvalue weighted by atomic mass is 10.2. The summed E-state index contributed by atoms with van der Waals surface area (Å²) in [5.41, 5.74) is 6.12. The van der Waals surface area contributed by atoms with E-state index in [1.54, 1.807) is 36.4 Å². The number of nitrogens with two attached hydrogens (primary N) is 1. The molecule has 0 heterocycles. The van der Waals surface area contributed by atoms with Crippen molar-refractivity contribution < 1.29 is 9.59 Å². The molecule has 0 bridgehead atoms. The van der Waals surface area contributed by atoms with E-state index in [-0.39, 0.29) is 11.2 Å². The summed E-state index contributed by atoms with van der Waals surface area (Å²) in [6, 6.07) is 13.8. The molecule has 1 atom stereocenters. The summed E-state index contributed by atoms with van der Waals surface area (Å²) in [6.07, 6.45) is 0. The molecular weight excluding hydrogens is 320 g/mol. The van der Waals surface area contributed by atoms with Gasteiger partial charge < -0.3 is 11.1 Å². The van der Waals surface area contributed by atoms with Gasteiger partial charge in [-0.25, -0.2) is 0 Å². The van der Waals surface area contributed by atoms with Crippen molar-refractivity contribution in [3.8, 4) is 0 Å². The van der Waals surface area contributed by atoms with Crippen molar-refractivity contribution >= 4 is 40.9 Å². The maximum Gasteiger partial charge on any atom is 0.248 e. The van der Waals surface area contributed by atoms with E-state index in [0.717, 1.165) is 4.90 Å². The number of carbonyl (C=O) groups is 2. The number of amides is 2. The highest BCUT2D eigenvalue weighted by Gasteiger charge is 2.15. The number of thioether (sulfide) groups is 1. The molecule has 4 nitrogen and oxygen atoms in total. The van der Waals surface area contributed by atoms with Crippen LogP contribution < -0.4 is 11.1 Å². The van der Waals surface area contributed by atoms with Crippen molar-refractivity contribution in [3.63, 3.8) is 0 Å². The largest absolute Gasteiger partial charge is 0.366 e. The Hall–Kier alpha value is -1.98. The normalized spacial score (nSPS) is 11.7. The number of nitrogens with one attached hydrogen (secondary N) is 1. The van der Waals surface area contributed by atoms with Crippen LogP contribution in [0.1, 0.15) is 17.3 Å². The molecule has 2 amide bonds. The monoisotopic (exact) mass is 334 g/mol. The van der Waals surface area contributed by atoms with Crippen molar-refractivity contribution in [2.24, 2.45) is 5.73 Å². The smallest absolute Gasteiger partial charge is 0.248 e. The van der Waals surface area contributed by atoms with Gasteiger partial charge in [0, 0.05) is 21.2 Å². The van der Waals surface area contributed by atoms with Crippen LogP contribution in [-0.4, -0.2) is 17.1 Å². The number of primary amides is 1. The zero-order chi connectivity index (χ0) is 16.1. The first-order chi connectivity index (χ1) is 10.5. The van der Waals surface area contributed by atoms with Crippen LogP contribution in [0.3, 0.4) is 0 Å². The Morgan fingerprint density at radius 1 is 1.18 bits per heavy atom. The van der Waals surface area contributed by atoms with Gasteiger partial charge in [0.05, 0.1) is 5.25 Å². The van der Waals surface area contributed by atoms with E-state index >= 15 is 0 Å². The van der Waals surface area contributed by atoms with E-state index < -0.39 is 5.91 Å². The summed E-state index contributed by atoms with van der Waals surface area (Å²) in [6.45, 7) is 1.81. The summed E-state index contributed by atoms with van der Waals surface area (Å²) in [4.78, 5) is 24.3. The standard InChI is InChI=1S/C16H15ClN2O2S/c1-10(22-14-7-5-12(17)6-8-14)16(21)19-13-4-2-3-11(9-13)15(18)20/h2-10H,1H3,(H2,18,20)(H,19,21)/t10-/m1/s1. The van der Waals surface area contributed by atoms with Gasteiger partial charge in [-0.2, -0.15) is 0 Å². The second-order valence-electron chi connectivity index (χ2n) is 4.65. The third kappa shape index (κ3) is 4.51. The summed E-state index contributed by atoms with van der Waals surface area (Å²) in [7, 11) is 0. The molecule has 0 fully saturated rings. The Kier molecular flexibility index (Phi) is 5.46. The molecule has 22 heavy (non-hydrogen) atoms. The number of carbonyl (C=O) groups excluding carboxylic acids is 2. The third-order valence-corrected chi connectivity index (χ3v) is 4.27. The van der Waals surface area contributed by atoms with Crippen LogP contribution in [-0.2, 0) is 4.79 Å². The molecule has 2 aromatic rings. The van der Waals surface area contributed by atoms with Gasteiger partial charge in [-0.15, -0.1) is 11.8 Å². The fourth-order valence-corrected chi connectivity index (χ4v) is 2.76.